The van der Waals surface area contributed by atoms with E-state index in [2.05, 4.69) is 16.4 Å². The molecule has 0 saturated carbocycles. The summed E-state index contributed by atoms with van der Waals surface area (Å²) in [7, 11) is 0. The van der Waals surface area contributed by atoms with Crippen molar-refractivity contribution in [1.29, 1.82) is 0 Å². The molecular weight excluding hydrogens is 184 g/mol. The summed E-state index contributed by atoms with van der Waals surface area (Å²) < 4.78 is 0. The minimum Gasteiger partial charge on any atom is -0.265 e. The fourth-order valence-electron chi connectivity index (χ4n) is 1.44. The molecule has 0 atom stereocenters. The van der Waals surface area contributed by atoms with Crippen LogP contribution in [0.15, 0.2) is 49.1 Å². The van der Waals surface area contributed by atoms with Crippen LogP contribution < -0.4 is 0 Å². The van der Waals surface area contributed by atoms with Crippen LogP contribution in [0.3, 0.4) is 0 Å². The molecule has 0 spiro atoms. The maximum atomic E-state index is 3.99. The van der Waals surface area contributed by atoms with Crippen molar-refractivity contribution < 1.29 is 0 Å². The number of aromatic nitrogens is 2. The van der Waals surface area contributed by atoms with Crippen molar-refractivity contribution in [3.63, 3.8) is 0 Å². The molecule has 15 heavy (non-hydrogen) atoms. The van der Waals surface area contributed by atoms with Crippen molar-refractivity contribution in [2.24, 2.45) is 0 Å². The van der Waals surface area contributed by atoms with Gasteiger partial charge in [0.1, 0.15) is 0 Å². The van der Waals surface area contributed by atoms with Gasteiger partial charge in [-0.2, -0.15) is 0 Å². The van der Waals surface area contributed by atoms with Crippen LogP contribution in [0.2, 0.25) is 0 Å². The first-order chi connectivity index (χ1) is 7.45. The molecular formula is C13H13N2. The van der Waals surface area contributed by atoms with Crippen LogP contribution >= 0.6 is 0 Å². The number of hydrogen-bond acceptors (Lipinski definition) is 2. The van der Waals surface area contributed by atoms with Crippen molar-refractivity contribution in [3.05, 3.63) is 66.6 Å². The van der Waals surface area contributed by atoms with E-state index in [1.165, 1.54) is 11.1 Å². The summed E-state index contributed by atoms with van der Waals surface area (Å²) in [5, 5.41) is 0. The highest BCUT2D eigenvalue weighted by molar-refractivity contribution is 5.16. The summed E-state index contributed by atoms with van der Waals surface area (Å²) in [6.07, 6.45) is 11.6. The molecule has 0 fully saturated rings. The molecule has 1 radical (unpaired) electrons. The Kier molecular flexibility index (Phi) is 3.44. The van der Waals surface area contributed by atoms with Crippen molar-refractivity contribution in [2.45, 2.75) is 12.8 Å². The lowest BCUT2D eigenvalue weighted by Gasteiger charge is -2.00. The number of pyridine rings is 2. The predicted octanol–water partition coefficient (Wildman–Crippen LogP) is 2.47. The Morgan fingerprint density at radius 3 is 1.53 bits per heavy atom. The van der Waals surface area contributed by atoms with Crippen LogP contribution in [0.5, 0.6) is 0 Å². The molecule has 0 bridgehead atoms. The van der Waals surface area contributed by atoms with Gasteiger partial charge in [0, 0.05) is 24.8 Å². The summed E-state index contributed by atoms with van der Waals surface area (Å²) in [4.78, 5) is 7.98. The van der Waals surface area contributed by atoms with Crippen LogP contribution in [0.25, 0.3) is 0 Å². The number of nitrogens with zero attached hydrogens (tertiary/aromatic N) is 2. The molecule has 0 aliphatic rings. The molecule has 2 heterocycles. The molecule has 0 aliphatic heterocycles. The van der Waals surface area contributed by atoms with E-state index in [4.69, 9.17) is 0 Å². The highest BCUT2D eigenvalue weighted by Crippen LogP contribution is 2.05. The lowest BCUT2D eigenvalue weighted by molar-refractivity contribution is 1.02. The normalized spacial score (nSPS) is 10.1. The average molecular weight is 197 g/mol. The van der Waals surface area contributed by atoms with Gasteiger partial charge >= 0.3 is 0 Å². The predicted molar refractivity (Wildman–Crippen MR) is 60.2 cm³/mol. The quantitative estimate of drug-likeness (QED) is 0.752. The van der Waals surface area contributed by atoms with E-state index in [-0.39, 0.29) is 0 Å². The number of hydrogen-bond donors (Lipinski definition) is 0. The van der Waals surface area contributed by atoms with Crippen LogP contribution in [-0.2, 0) is 12.8 Å². The van der Waals surface area contributed by atoms with Gasteiger partial charge in [0.05, 0.1) is 0 Å². The monoisotopic (exact) mass is 197 g/mol. The van der Waals surface area contributed by atoms with Crippen molar-refractivity contribution in [2.75, 3.05) is 0 Å². The molecule has 2 aromatic rings. The summed E-state index contributed by atoms with van der Waals surface area (Å²) in [6, 6.07) is 8.18. The van der Waals surface area contributed by atoms with Crippen LogP contribution in [0.4, 0.5) is 0 Å². The van der Waals surface area contributed by atoms with Gasteiger partial charge in [0.15, 0.2) is 0 Å². The van der Waals surface area contributed by atoms with Gasteiger partial charge < -0.3 is 0 Å². The van der Waals surface area contributed by atoms with E-state index >= 15 is 0 Å². The second-order valence-corrected chi connectivity index (χ2v) is 3.41. The number of rotatable bonds is 4. The molecule has 2 nitrogen and oxygen atoms in total. The zero-order valence-electron chi connectivity index (χ0n) is 8.50. The fourth-order valence-corrected chi connectivity index (χ4v) is 1.44. The first-order valence-corrected chi connectivity index (χ1v) is 5.04. The minimum atomic E-state index is 0.991. The maximum absolute atomic E-state index is 3.99. The molecule has 2 heteroatoms. The molecule has 0 saturated heterocycles. The van der Waals surface area contributed by atoms with Crippen LogP contribution in [0, 0.1) is 6.42 Å². The highest BCUT2D eigenvalue weighted by atomic mass is 14.6. The van der Waals surface area contributed by atoms with Gasteiger partial charge in [-0.1, -0.05) is 0 Å². The van der Waals surface area contributed by atoms with E-state index in [9.17, 15) is 0 Å². The van der Waals surface area contributed by atoms with E-state index < -0.39 is 0 Å². The van der Waals surface area contributed by atoms with Crippen LogP contribution in [-0.4, -0.2) is 9.97 Å². The smallest absolute Gasteiger partial charge is 0.0270 e. The summed E-state index contributed by atoms with van der Waals surface area (Å²) >= 11 is 0. The van der Waals surface area contributed by atoms with Crippen molar-refractivity contribution >= 4 is 0 Å². The molecule has 0 amide bonds. The maximum Gasteiger partial charge on any atom is 0.0270 e. The Bertz CT molecular complexity index is 344. The topological polar surface area (TPSA) is 25.8 Å². The Morgan fingerprint density at radius 1 is 0.733 bits per heavy atom. The third-order valence-corrected chi connectivity index (χ3v) is 2.26. The van der Waals surface area contributed by atoms with Gasteiger partial charge in [-0.15, -0.1) is 0 Å². The summed E-state index contributed by atoms with van der Waals surface area (Å²) in [5.74, 6) is 0. The highest BCUT2D eigenvalue weighted by Gasteiger charge is 1.94. The zero-order chi connectivity index (χ0) is 10.3. The Balaban J connectivity index is 1.81. The standard InChI is InChI=1S/C13H13N2/c1(2-12-4-8-14-9-5-12)3-13-6-10-15-11-7-13/h1,4-11H,2-3H2. The Hall–Kier alpha value is -1.70. The van der Waals surface area contributed by atoms with Gasteiger partial charge in [-0.05, 0) is 54.7 Å². The molecule has 0 aliphatic carbocycles. The molecule has 75 valence electrons. The van der Waals surface area contributed by atoms with Crippen LogP contribution in [0.1, 0.15) is 11.1 Å². The van der Waals surface area contributed by atoms with E-state index in [1.807, 2.05) is 49.1 Å². The zero-order valence-corrected chi connectivity index (χ0v) is 8.50. The second-order valence-electron chi connectivity index (χ2n) is 3.41. The molecule has 2 rings (SSSR count). The van der Waals surface area contributed by atoms with Crippen molar-refractivity contribution in [3.8, 4) is 0 Å². The lowest BCUT2D eigenvalue weighted by atomic mass is 10.1. The third-order valence-electron chi connectivity index (χ3n) is 2.26. The first kappa shape index (κ1) is 9.84. The van der Waals surface area contributed by atoms with E-state index in [0.29, 0.717) is 0 Å². The fraction of sp³-hybridized carbons (Fsp3) is 0.154. The third kappa shape index (κ3) is 3.17. The summed E-state index contributed by atoms with van der Waals surface area (Å²) in [6.45, 7) is 0. The molecule has 2 aromatic heterocycles. The average Bonchev–Trinajstić information content (AvgIpc) is 2.32. The SMILES string of the molecule is [CH](Cc1ccncc1)Cc1ccncc1. The first-order valence-electron chi connectivity index (χ1n) is 5.04. The van der Waals surface area contributed by atoms with Crippen molar-refractivity contribution in [1.82, 2.24) is 9.97 Å². The van der Waals surface area contributed by atoms with E-state index in [0.717, 1.165) is 12.8 Å². The lowest BCUT2D eigenvalue weighted by Crippen LogP contribution is -1.91. The molecule has 0 unspecified atom stereocenters. The Labute approximate surface area is 90.0 Å². The second kappa shape index (κ2) is 5.25. The molecule has 0 aromatic carbocycles. The van der Waals surface area contributed by atoms with Gasteiger partial charge in [0.25, 0.3) is 0 Å². The van der Waals surface area contributed by atoms with Gasteiger partial charge in [-0.3, -0.25) is 9.97 Å². The van der Waals surface area contributed by atoms with Gasteiger partial charge in [-0.25, -0.2) is 0 Å². The largest absolute Gasteiger partial charge is 0.265 e. The molecule has 0 N–H and O–H groups in total. The summed E-state index contributed by atoms with van der Waals surface area (Å²) in [5.41, 5.74) is 2.61. The van der Waals surface area contributed by atoms with E-state index in [1.54, 1.807) is 0 Å². The Morgan fingerprint density at radius 2 is 1.13 bits per heavy atom. The van der Waals surface area contributed by atoms with Gasteiger partial charge in [0.2, 0.25) is 0 Å². The minimum absolute atomic E-state index is 0.991.